The number of nitrogens with one attached hydrogen (secondary N) is 2. The number of nitrogens with zero attached hydrogens (tertiary/aromatic N) is 10. The molecule has 8 atom stereocenters. The van der Waals surface area contributed by atoms with Gasteiger partial charge >= 0.3 is 6.18 Å². The minimum atomic E-state index is -4.82. The van der Waals surface area contributed by atoms with Crippen molar-refractivity contribution in [3.63, 3.8) is 0 Å². The predicted octanol–water partition coefficient (Wildman–Crippen LogP) is 5.55. The SMILES string of the molecule is CC(Cc1cn(Cc2cccc(C(F)(F)F)c2CN2CC(NC(=O)[C@@H]3C[C@@H](O)CN3C(=O)[C@@H](n3cc(C4CC4)nn3)C(C)(C)C)CC2=O)c2ccc(F)cc12)NC(=O)[C@@H]1C[C@@H](O)CN1C(=O)[C@@H](n1cc(C2CC2)nn1)C(C)(C)C. The van der Waals surface area contributed by atoms with Crippen molar-refractivity contribution in [3.05, 3.63) is 94.4 Å². The number of hydrogen-bond acceptors (Lipinski definition) is 11. The zero-order valence-electron chi connectivity index (χ0n) is 45.6. The van der Waals surface area contributed by atoms with Gasteiger partial charge in [0.2, 0.25) is 29.5 Å². The summed E-state index contributed by atoms with van der Waals surface area (Å²) in [6, 6.07) is 2.71. The van der Waals surface area contributed by atoms with Crippen molar-refractivity contribution in [1.82, 2.24) is 59.9 Å². The summed E-state index contributed by atoms with van der Waals surface area (Å²) in [7, 11) is 0. The number of aliphatic hydroxyl groups is 2. The summed E-state index contributed by atoms with van der Waals surface area (Å²) in [5.74, 6) is -2.35. The van der Waals surface area contributed by atoms with Crippen LogP contribution in [-0.4, -0.2) is 145 Å². The fourth-order valence-electron chi connectivity index (χ4n) is 11.9. The predicted molar refractivity (Wildman–Crippen MR) is 279 cm³/mol. The Morgan fingerprint density at radius 2 is 1.29 bits per heavy atom. The Kier molecular flexibility index (Phi) is 14.8. The number of carbonyl (C=O) groups is 5. The quantitative estimate of drug-likeness (QED) is 0.0897. The summed E-state index contributed by atoms with van der Waals surface area (Å²) < 4.78 is 64.7. The Labute approximate surface area is 455 Å². The molecular formula is C56H70F4N12O7. The van der Waals surface area contributed by atoms with Crippen molar-refractivity contribution < 1.29 is 51.7 Å². The van der Waals surface area contributed by atoms with Gasteiger partial charge in [-0.15, -0.1) is 10.2 Å². The minimum absolute atomic E-state index is 0.00564. The van der Waals surface area contributed by atoms with Gasteiger partial charge in [0, 0.05) is 99.4 Å². The van der Waals surface area contributed by atoms with Crippen LogP contribution in [-0.2, 0) is 49.7 Å². The van der Waals surface area contributed by atoms with Crippen molar-refractivity contribution in [2.45, 2.75) is 179 Å². The molecule has 0 radical (unpaired) electrons. The molecule has 0 bridgehead atoms. The van der Waals surface area contributed by atoms with Crippen LogP contribution in [0.4, 0.5) is 17.6 Å². The molecule has 5 aromatic rings. The van der Waals surface area contributed by atoms with Crippen LogP contribution >= 0.6 is 0 Å². The number of aromatic nitrogens is 7. The monoisotopic (exact) mass is 1100 g/mol. The molecule has 4 N–H and O–H groups in total. The van der Waals surface area contributed by atoms with Crippen LogP contribution in [0.5, 0.6) is 0 Å². The number of carbonyl (C=O) groups excluding carboxylic acids is 5. The number of β-amino-alcohol motifs (C(OH)–C–C–N with tert-alkyl or cyclic N) is 2. The molecule has 79 heavy (non-hydrogen) atoms. The Hall–Kier alpha value is -6.75. The van der Waals surface area contributed by atoms with E-state index in [1.807, 2.05) is 41.5 Å². The van der Waals surface area contributed by atoms with E-state index in [0.29, 0.717) is 22.4 Å². The first-order valence-corrected chi connectivity index (χ1v) is 27.4. The van der Waals surface area contributed by atoms with Crippen LogP contribution in [0.1, 0.15) is 151 Å². The highest BCUT2D eigenvalue weighted by molar-refractivity contribution is 5.92. The van der Waals surface area contributed by atoms with Crippen LogP contribution in [0.15, 0.2) is 55.0 Å². The Morgan fingerprint density at radius 3 is 1.82 bits per heavy atom. The van der Waals surface area contributed by atoms with Gasteiger partial charge < -0.3 is 40.1 Å². The van der Waals surface area contributed by atoms with Crippen LogP contribution in [0, 0.1) is 16.6 Å². The molecule has 2 aromatic carbocycles. The number of hydrogen-bond donors (Lipinski definition) is 4. The largest absolute Gasteiger partial charge is 0.416 e. The van der Waals surface area contributed by atoms with Crippen LogP contribution in [0.3, 0.4) is 0 Å². The van der Waals surface area contributed by atoms with Crippen molar-refractivity contribution in [2.75, 3.05) is 19.6 Å². The molecule has 5 aliphatic rings. The molecule has 2 saturated carbocycles. The third-order valence-corrected chi connectivity index (χ3v) is 16.1. The Bertz CT molecular complexity index is 3150. The van der Waals surface area contributed by atoms with E-state index in [0.717, 1.165) is 43.1 Å². The third-order valence-electron chi connectivity index (χ3n) is 16.1. The smallest absolute Gasteiger partial charge is 0.391 e. The second-order valence-electron chi connectivity index (χ2n) is 24.8. The van der Waals surface area contributed by atoms with Gasteiger partial charge in [0.25, 0.3) is 0 Å². The van der Waals surface area contributed by atoms with E-state index in [2.05, 4.69) is 31.3 Å². The Balaban J connectivity index is 0.833. The molecule has 19 nitrogen and oxygen atoms in total. The lowest BCUT2D eigenvalue weighted by Gasteiger charge is -2.34. The molecule has 23 heteroatoms. The van der Waals surface area contributed by atoms with Gasteiger partial charge in [0.1, 0.15) is 30.0 Å². The standard InChI is InChI=1S/C56H70F4N12O7/c1-30(61-50(76)45-20-37(73)25-69(45)52(78)48(54(2,3)4)71-28-42(63-65-71)31-11-12-31)17-34-23-67(44-16-15-35(57)18-39(34)44)22-33-9-8-10-41(56(58,59)60)40(33)27-68-24-36(19-47(68)75)62-51(77)46-21-38(74)26-70(46)53(79)49(55(5,6)7)72-29-43(64-66-72)32-13-14-32/h8-10,15-16,18,23,28-32,36-38,45-46,48-49,73-74H,11-14,17,19-22,24-27H2,1-7H3,(H,61,76)(H,62,77)/t30?,36?,37-,38-,45+,46+,48-,49-/m1/s1. The van der Waals surface area contributed by atoms with Crippen LogP contribution in [0.25, 0.3) is 10.9 Å². The summed E-state index contributed by atoms with van der Waals surface area (Å²) in [6.07, 6.45) is 2.34. The van der Waals surface area contributed by atoms with Gasteiger partial charge in [-0.3, -0.25) is 24.0 Å². The van der Waals surface area contributed by atoms with Gasteiger partial charge in [0.05, 0.1) is 35.2 Å². The fourth-order valence-corrected chi connectivity index (χ4v) is 11.9. The minimum Gasteiger partial charge on any atom is -0.391 e. The van der Waals surface area contributed by atoms with E-state index in [9.17, 15) is 47.4 Å². The lowest BCUT2D eigenvalue weighted by molar-refractivity contribution is -0.144. The zero-order valence-corrected chi connectivity index (χ0v) is 45.6. The molecule has 3 aromatic heterocycles. The normalized spacial score (nSPS) is 23.2. The van der Waals surface area contributed by atoms with E-state index in [1.165, 1.54) is 43.6 Å². The molecule has 3 aliphatic heterocycles. The summed E-state index contributed by atoms with van der Waals surface area (Å²) >= 11 is 0. The molecule has 424 valence electrons. The number of fused-ring (bicyclic) bond motifs is 1. The molecule has 0 spiro atoms. The molecule has 2 aliphatic carbocycles. The maximum atomic E-state index is 15.0. The summed E-state index contributed by atoms with van der Waals surface area (Å²) in [6.45, 7) is 12.2. The molecule has 5 fully saturated rings. The highest BCUT2D eigenvalue weighted by Gasteiger charge is 2.48. The van der Waals surface area contributed by atoms with Gasteiger partial charge in [-0.2, -0.15) is 13.2 Å². The molecule has 2 unspecified atom stereocenters. The number of amides is 5. The number of halogens is 4. The van der Waals surface area contributed by atoms with E-state index >= 15 is 4.39 Å². The van der Waals surface area contributed by atoms with Gasteiger partial charge in [-0.05, 0) is 90.8 Å². The maximum absolute atomic E-state index is 15.0. The van der Waals surface area contributed by atoms with Gasteiger partial charge in [0.15, 0.2) is 0 Å². The van der Waals surface area contributed by atoms with Crippen LogP contribution in [0.2, 0.25) is 0 Å². The number of likely N-dealkylation sites (tertiary alicyclic amines) is 3. The molecule has 6 heterocycles. The first-order valence-electron chi connectivity index (χ1n) is 27.4. The highest BCUT2D eigenvalue weighted by atomic mass is 19.4. The summed E-state index contributed by atoms with van der Waals surface area (Å²) in [4.78, 5) is 74.6. The van der Waals surface area contributed by atoms with Gasteiger partial charge in [-0.25, -0.2) is 13.8 Å². The number of rotatable bonds is 16. The van der Waals surface area contributed by atoms with Crippen molar-refractivity contribution in [2.24, 2.45) is 10.8 Å². The Morgan fingerprint density at radius 1 is 0.734 bits per heavy atom. The van der Waals surface area contributed by atoms with E-state index in [-0.39, 0.29) is 74.8 Å². The van der Waals surface area contributed by atoms with E-state index < -0.39 is 107 Å². The van der Waals surface area contributed by atoms with Crippen molar-refractivity contribution in [1.29, 1.82) is 0 Å². The maximum Gasteiger partial charge on any atom is 0.416 e. The molecule has 3 saturated heterocycles. The molecule has 10 rings (SSSR count). The van der Waals surface area contributed by atoms with E-state index in [1.54, 1.807) is 40.8 Å². The van der Waals surface area contributed by atoms with Gasteiger partial charge in [-0.1, -0.05) is 64.1 Å². The summed E-state index contributed by atoms with van der Waals surface area (Å²) in [5, 5.41) is 45.1. The third kappa shape index (κ3) is 11.8. The topological polar surface area (TPSA) is 226 Å². The average Bonchev–Trinajstić information content (AvgIpc) is 4.21. The molecular weight excluding hydrogens is 1030 g/mol. The first-order chi connectivity index (χ1) is 37.2. The summed E-state index contributed by atoms with van der Waals surface area (Å²) in [5.41, 5.74) is 0.500. The lowest BCUT2D eigenvalue weighted by Crippen LogP contribution is -2.52. The van der Waals surface area contributed by atoms with E-state index in [4.69, 9.17) is 0 Å². The van der Waals surface area contributed by atoms with Crippen LogP contribution < -0.4 is 10.6 Å². The number of alkyl halides is 3. The highest BCUT2D eigenvalue weighted by Crippen LogP contribution is 2.43. The second kappa shape index (κ2) is 21.0. The number of benzene rings is 2. The van der Waals surface area contributed by atoms with Crippen molar-refractivity contribution in [3.8, 4) is 0 Å². The fraction of sp³-hybridized carbons (Fsp3) is 0.589. The second-order valence-corrected chi connectivity index (χ2v) is 24.8. The zero-order chi connectivity index (χ0) is 56.6. The average molecular weight is 1100 g/mol. The van der Waals surface area contributed by atoms with Crippen molar-refractivity contribution >= 4 is 40.4 Å². The molecule has 5 amide bonds. The first kappa shape index (κ1) is 55.6. The number of aliphatic hydroxyl groups excluding tert-OH is 2. The lowest BCUT2D eigenvalue weighted by atomic mass is 9.85.